The van der Waals surface area contributed by atoms with E-state index in [1.807, 2.05) is 0 Å². The van der Waals surface area contributed by atoms with Crippen LogP contribution in [0.4, 0.5) is 10.1 Å². The number of nitrogens with zero attached hydrogens (tertiary/aromatic N) is 1. The quantitative estimate of drug-likeness (QED) is 0.755. The summed E-state index contributed by atoms with van der Waals surface area (Å²) in [6.45, 7) is 1.61. The first-order valence-corrected chi connectivity index (χ1v) is 5.06. The SMILES string of the molecule is Nc1cc(F)ccc1CN1CCOCC1=O. The first-order chi connectivity index (χ1) is 7.66. The second kappa shape index (κ2) is 4.49. The molecule has 4 nitrogen and oxygen atoms in total. The van der Waals surface area contributed by atoms with Gasteiger partial charge in [-0.25, -0.2) is 4.39 Å². The van der Waals surface area contributed by atoms with Gasteiger partial charge >= 0.3 is 0 Å². The van der Waals surface area contributed by atoms with Gasteiger partial charge in [-0.05, 0) is 17.7 Å². The number of ether oxygens (including phenoxy) is 1. The molecule has 0 atom stereocenters. The highest BCUT2D eigenvalue weighted by molar-refractivity contribution is 5.78. The van der Waals surface area contributed by atoms with Crippen molar-refractivity contribution in [3.63, 3.8) is 0 Å². The minimum atomic E-state index is -0.366. The number of nitrogen functional groups attached to an aromatic ring is 1. The van der Waals surface area contributed by atoms with Crippen LogP contribution < -0.4 is 5.73 Å². The Morgan fingerprint density at radius 2 is 2.31 bits per heavy atom. The maximum absolute atomic E-state index is 12.8. The molecule has 1 aromatic rings. The Balaban J connectivity index is 2.10. The molecule has 1 saturated heterocycles. The van der Waals surface area contributed by atoms with E-state index >= 15 is 0 Å². The molecule has 1 aliphatic heterocycles. The second-order valence-corrected chi connectivity index (χ2v) is 3.71. The maximum atomic E-state index is 12.8. The predicted octanol–water partition coefficient (Wildman–Crippen LogP) is 0.767. The molecule has 2 rings (SSSR count). The van der Waals surface area contributed by atoms with Gasteiger partial charge in [0.05, 0.1) is 6.61 Å². The average molecular weight is 224 g/mol. The van der Waals surface area contributed by atoms with Gasteiger partial charge < -0.3 is 15.4 Å². The molecule has 86 valence electrons. The first kappa shape index (κ1) is 10.9. The first-order valence-electron chi connectivity index (χ1n) is 5.06. The summed E-state index contributed by atoms with van der Waals surface area (Å²) in [5.74, 6) is -0.426. The van der Waals surface area contributed by atoms with E-state index in [4.69, 9.17) is 10.5 Å². The third-order valence-electron chi connectivity index (χ3n) is 2.55. The number of rotatable bonds is 2. The maximum Gasteiger partial charge on any atom is 0.248 e. The fourth-order valence-electron chi connectivity index (χ4n) is 1.63. The summed E-state index contributed by atoms with van der Waals surface area (Å²) in [4.78, 5) is 13.1. The molecular weight excluding hydrogens is 211 g/mol. The molecule has 2 N–H and O–H groups in total. The van der Waals surface area contributed by atoms with Crippen molar-refractivity contribution in [3.8, 4) is 0 Å². The van der Waals surface area contributed by atoms with Gasteiger partial charge in [0.1, 0.15) is 12.4 Å². The summed E-state index contributed by atoms with van der Waals surface area (Å²) in [6.07, 6.45) is 0. The van der Waals surface area contributed by atoms with Crippen LogP contribution >= 0.6 is 0 Å². The van der Waals surface area contributed by atoms with E-state index in [1.54, 1.807) is 11.0 Å². The van der Waals surface area contributed by atoms with Crippen molar-refractivity contribution in [2.24, 2.45) is 0 Å². The van der Waals surface area contributed by atoms with Crippen molar-refractivity contribution in [1.29, 1.82) is 0 Å². The molecule has 1 aromatic carbocycles. The summed E-state index contributed by atoms with van der Waals surface area (Å²) in [5.41, 5.74) is 6.81. The van der Waals surface area contributed by atoms with Crippen LogP contribution in [0, 0.1) is 5.82 Å². The lowest BCUT2D eigenvalue weighted by molar-refractivity contribution is -0.143. The average Bonchev–Trinajstić information content (AvgIpc) is 2.25. The number of carbonyl (C=O) groups excluding carboxylic acids is 1. The van der Waals surface area contributed by atoms with Crippen molar-refractivity contribution in [2.75, 3.05) is 25.5 Å². The Bertz CT molecular complexity index is 409. The van der Waals surface area contributed by atoms with Crippen LogP contribution in [0.2, 0.25) is 0 Å². The molecule has 1 heterocycles. The van der Waals surface area contributed by atoms with E-state index in [1.165, 1.54) is 12.1 Å². The van der Waals surface area contributed by atoms with Crippen LogP contribution in [0.5, 0.6) is 0 Å². The van der Waals surface area contributed by atoms with Crippen molar-refractivity contribution in [2.45, 2.75) is 6.54 Å². The van der Waals surface area contributed by atoms with Crippen LogP contribution in [0.25, 0.3) is 0 Å². The van der Waals surface area contributed by atoms with Crippen LogP contribution in [-0.4, -0.2) is 30.6 Å². The molecule has 0 radical (unpaired) electrons. The van der Waals surface area contributed by atoms with E-state index < -0.39 is 0 Å². The molecule has 1 amide bonds. The topological polar surface area (TPSA) is 55.6 Å². The lowest BCUT2D eigenvalue weighted by atomic mass is 10.1. The Labute approximate surface area is 92.8 Å². The molecular formula is C11H13FN2O2. The minimum absolute atomic E-state index is 0.0602. The molecule has 0 unspecified atom stereocenters. The van der Waals surface area contributed by atoms with Gasteiger partial charge in [-0.3, -0.25) is 4.79 Å². The molecule has 0 aromatic heterocycles. The predicted molar refractivity (Wildman–Crippen MR) is 57.0 cm³/mol. The van der Waals surface area contributed by atoms with E-state index in [0.717, 1.165) is 5.56 Å². The minimum Gasteiger partial charge on any atom is -0.398 e. The summed E-state index contributed by atoms with van der Waals surface area (Å²) in [6, 6.07) is 4.21. The number of nitrogens with two attached hydrogens (primary N) is 1. The lowest BCUT2D eigenvalue weighted by Crippen LogP contribution is -2.41. The third kappa shape index (κ3) is 2.30. The van der Waals surface area contributed by atoms with Crippen LogP contribution in [0.1, 0.15) is 5.56 Å². The largest absolute Gasteiger partial charge is 0.398 e. The number of hydrogen-bond donors (Lipinski definition) is 1. The molecule has 0 saturated carbocycles. The molecule has 0 spiro atoms. The van der Waals surface area contributed by atoms with E-state index in [9.17, 15) is 9.18 Å². The molecule has 1 fully saturated rings. The Morgan fingerprint density at radius 1 is 1.50 bits per heavy atom. The number of amides is 1. The Hall–Kier alpha value is -1.62. The van der Waals surface area contributed by atoms with Gasteiger partial charge in [-0.1, -0.05) is 6.07 Å². The number of benzene rings is 1. The summed E-state index contributed by atoms with van der Waals surface area (Å²) >= 11 is 0. The zero-order valence-corrected chi connectivity index (χ0v) is 8.78. The van der Waals surface area contributed by atoms with Gasteiger partial charge in [0, 0.05) is 18.8 Å². The summed E-state index contributed by atoms with van der Waals surface area (Å²) in [7, 11) is 0. The van der Waals surface area contributed by atoms with Crippen LogP contribution in [0.3, 0.4) is 0 Å². The second-order valence-electron chi connectivity index (χ2n) is 3.71. The Morgan fingerprint density at radius 3 is 3.00 bits per heavy atom. The van der Waals surface area contributed by atoms with Crippen molar-refractivity contribution in [3.05, 3.63) is 29.6 Å². The number of hydrogen-bond acceptors (Lipinski definition) is 3. The zero-order valence-electron chi connectivity index (χ0n) is 8.78. The van der Waals surface area contributed by atoms with Gasteiger partial charge in [0.2, 0.25) is 5.91 Å². The number of anilines is 1. The third-order valence-corrected chi connectivity index (χ3v) is 2.55. The number of halogens is 1. The highest BCUT2D eigenvalue weighted by Crippen LogP contribution is 2.16. The fourth-order valence-corrected chi connectivity index (χ4v) is 1.63. The Kier molecular flexibility index (Phi) is 3.05. The van der Waals surface area contributed by atoms with Crippen molar-refractivity contribution < 1.29 is 13.9 Å². The standard InChI is InChI=1S/C11H13FN2O2/c12-9-2-1-8(10(13)5-9)6-14-3-4-16-7-11(14)15/h1-2,5H,3-4,6-7,13H2. The highest BCUT2D eigenvalue weighted by atomic mass is 19.1. The molecule has 16 heavy (non-hydrogen) atoms. The molecule has 0 aliphatic carbocycles. The number of morpholine rings is 1. The highest BCUT2D eigenvalue weighted by Gasteiger charge is 2.19. The molecule has 1 aliphatic rings. The van der Waals surface area contributed by atoms with E-state index in [2.05, 4.69) is 0 Å². The van der Waals surface area contributed by atoms with E-state index in [0.29, 0.717) is 25.4 Å². The van der Waals surface area contributed by atoms with Gasteiger partial charge in [0.25, 0.3) is 0 Å². The normalized spacial score (nSPS) is 16.6. The summed E-state index contributed by atoms with van der Waals surface area (Å²) < 4.78 is 17.8. The summed E-state index contributed by atoms with van der Waals surface area (Å²) in [5, 5.41) is 0. The number of carbonyl (C=O) groups is 1. The van der Waals surface area contributed by atoms with Crippen molar-refractivity contribution in [1.82, 2.24) is 4.90 Å². The fraction of sp³-hybridized carbons (Fsp3) is 0.364. The zero-order chi connectivity index (χ0) is 11.5. The lowest BCUT2D eigenvalue weighted by Gasteiger charge is -2.27. The smallest absolute Gasteiger partial charge is 0.248 e. The monoisotopic (exact) mass is 224 g/mol. The van der Waals surface area contributed by atoms with Crippen LogP contribution in [0.15, 0.2) is 18.2 Å². The van der Waals surface area contributed by atoms with Crippen molar-refractivity contribution >= 4 is 11.6 Å². The van der Waals surface area contributed by atoms with E-state index in [-0.39, 0.29) is 18.3 Å². The van der Waals surface area contributed by atoms with Gasteiger partial charge in [-0.2, -0.15) is 0 Å². The van der Waals surface area contributed by atoms with Crippen LogP contribution in [-0.2, 0) is 16.1 Å². The van der Waals surface area contributed by atoms with Gasteiger partial charge in [-0.15, -0.1) is 0 Å². The molecule has 0 bridgehead atoms. The molecule has 5 heteroatoms. The van der Waals surface area contributed by atoms with Gasteiger partial charge in [0.15, 0.2) is 0 Å².